The molecular weight excluding hydrogens is 227 g/mol. The number of hydrogen-bond donors (Lipinski definition) is 1. The lowest BCUT2D eigenvalue weighted by Gasteiger charge is -2.27. The fourth-order valence-electron chi connectivity index (χ4n) is 1.32. The molecule has 0 fully saturated rings. The number of alkyl halides is 3. The Morgan fingerprint density at radius 1 is 1.13 bits per heavy atom. The third kappa shape index (κ3) is 6.13. The van der Waals surface area contributed by atoms with Crippen LogP contribution in [0.1, 0.15) is 12.8 Å². The van der Waals surface area contributed by atoms with Crippen LogP contribution in [0.4, 0.5) is 13.2 Å². The summed E-state index contributed by atoms with van der Waals surface area (Å²) in [6.45, 7) is 0.438. The van der Waals surface area contributed by atoms with Gasteiger partial charge >= 0.3 is 14.7 Å². The Balaban J connectivity index is 4.23. The van der Waals surface area contributed by atoms with Gasteiger partial charge in [-0.05, 0) is 25.1 Å². The van der Waals surface area contributed by atoms with Crippen LogP contribution in [0.5, 0.6) is 0 Å². The molecule has 0 saturated heterocycles. The molecule has 0 amide bonds. The highest BCUT2D eigenvalue weighted by Crippen LogP contribution is 2.29. The van der Waals surface area contributed by atoms with Gasteiger partial charge < -0.3 is 14.6 Å². The first-order valence-corrected chi connectivity index (χ1v) is 6.99. The molecule has 0 unspecified atom stereocenters. The Hall–Kier alpha value is -0.113. The SMILES string of the molecule is CO[Si](CCCN)(CCC(F)(F)F)OC. The van der Waals surface area contributed by atoms with Gasteiger partial charge in [0.15, 0.2) is 0 Å². The molecule has 2 N–H and O–H groups in total. The number of rotatable bonds is 7. The Bertz CT molecular complexity index is 174. The van der Waals surface area contributed by atoms with E-state index in [0.29, 0.717) is 19.0 Å². The molecule has 0 aliphatic heterocycles. The van der Waals surface area contributed by atoms with Gasteiger partial charge in [-0.15, -0.1) is 0 Å². The van der Waals surface area contributed by atoms with E-state index in [-0.39, 0.29) is 6.04 Å². The molecule has 0 aromatic heterocycles. The summed E-state index contributed by atoms with van der Waals surface area (Å²) in [5.74, 6) is 0. The lowest BCUT2D eigenvalue weighted by atomic mass is 10.5. The number of hydrogen-bond acceptors (Lipinski definition) is 3. The molecule has 15 heavy (non-hydrogen) atoms. The molecule has 0 aromatic rings. The third-order valence-electron chi connectivity index (χ3n) is 2.30. The van der Waals surface area contributed by atoms with Crippen molar-refractivity contribution >= 4 is 8.56 Å². The lowest BCUT2D eigenvalue weighted by molar-refractivity contribution is -0.131. The van der Waals surface area contributed by atoms with Gasteiger partial charge in [0, 0.05) is 20.6 Å². The standard InChI is InChI=1S/C8H18F3NO2Si/c1-13-15(14-2,6-3-5-12)7-4-8(9,10)11/h3-7,12H2,1-2H3. The van der Waals surface area contributed by atoms with Gasteiger partial charge in [-0.3, -0.25) is 0 Å². The minimum Gasteiger partial charge on any atom is -0.398 e. The van der Waals surface area contributed by atoms with Crippen molar-refractivity contribution in [1.29, 1.82) is 0 Å². The van der Waals surface area contributed by atoms with Gasteiger partial charge in [0.1, 0.15) is 0 Å². The molecule has 0 aliphatic carbocycles. The summed E-state index contributed by atoms with van der Waals surface area (Å²) in [5.41, 5.74) is 5.32. The summed E-state index contributed by atoms with van der Waals surface area (Å²) in [6, 6.07) is 0.441. The molecule has 92 valence electrons. The molecular formula is C8H18F3NO2Si. The monoisotopic (exact) mass is 245 g/mol. The smallest absolute Gasteiger partial charge is 0.389 e. The topological polar surface area (TPSA) is 44.5 Å². The summed E-state index contributed by atoms with van der Waals surface area (Å²) in [7, 11) is 0.137. The summed E-state index contributed by atoms with van der Waals surface area (Å²) in [5, 5.41) is 0. The molecule has 0 spiro atoms. The van der Waals surface area contributed by atoms with Crippen LogP contribution in [0.3, 0.4) is 0 Å². The maximum atomic E-state index is 12.1. The molecule has 0 radical (unpaired) electrons. The van der Waals surface area contributed by atoms with E-state index >= 15 is 0 Å². The Labute approximate surface area is 89.0 Å². The average Bonchev–Trinajstić information content (AvgIpc) is 2.18. The van der Waals surface area contributed by atoms with Crippen LogP contribution in [0.2, 0.25) is 12.1 Å². The molecule has 0 bridgehead atoms. The van der Waals surface area contributed by atoms with E-state index in [9.17, 15) is 13.2 Å². The lowest BCUT2D eigenvalue weighted by Crippen LogP contribution is -2.41. The van der Waals surface area contributed by atoms with Crippen molar-refractivity contribution in [3.63, 3.8) is 0 Å². The largest absolute Gasteiger partial charge is 0.398 e. The number of halogens is 3. The zero-order valence-electron chi connectivity index (χ0n) is 9.06. The second kappa shape index (κ2) is 6.47. The first-order chi connectivity index (χ1) is 6.89. The first kappa shape index (κ1) is 14.9. The van der Waals surface area contributed by atoms with Crippen molar-refractivity contribution in [2.45, 2.75) is 31.1 Å². The minimum atomic E-state index is -4.15. The van der Waals surface area contributed by atoms with Gasteiger partial charge in [0.2, 0.25) is 0 Å². The molecule has 0 aliphatic rings. The van der Waals surface area contributed by atoms with E-state index in [4.69, 9.17) is 14.6 Å². The minimum absolute atomic E-state index is 0.0660. The second-order valence-corrected chi connectivity index (χ2v) is 6.96. The second-order valence-electron chi connectivity index (χ2n) is 3.33. The van der Waals surface area contributed by atoms with Crippen molar-refractivity contribution in [2.75, 3.05) is 20.8 Å². The van der Waals surface area contributed by atoms with Gasteiger partial charge in [-0.1, -0.05) is 0 Å². The predicted molar refractivity (Wildman–Crippen MR) is 53.7 cm³/mol. The summed E-state index contributed by atoms with van der Waals surface area (Å²) in [6.07, 6.45) is -4.38. The van der Waals surface area contributed by atoms with Crippen molar-refractivity contribution in [3.05, 3.63) is 0 Å². The normalized spacial score (nSPS) is 13.2. The van der Waals surface area contributed by atoms with Gasteiger partial charge in [-0.25, -0.2) is 0 Å². The van der Waals surface area contributed by atoms with E-state index < -0.39 is 21.2 Å². The van der Waals surface area contributed by atoms with Crippen LogP contribution >= 0.6 is 0 Å². The van der Waals surface area contributed by atoms with Crippen LogP contribution < -0.4 is 5.73 Å². The molecule has 0 aromatic carbocycles. The molecule has 0 rings (SSSR count). The van der Waals surface area contributed by atoms with Crippen molar-refractivity contribution in [3.8, 4) is 0 Å². The fraction of sp³-hybridized carbons (Fsp3) is 1.00. The molecule has 3 nitrogen and oxygen atoms in total. The van der Waals surface area contributed by atoms with Crippen LogP contribution in [-0.4, -0.2) is 35.5 Å². The molecule has 0 heterocycles. The Morgan fingerprint density at radius 3 is 2.00 bits per heavy atom. The quantitative estimate of drug-likeness (QED) is 0.698. The van der Waals surface area contributed by atoms with Gasteiger partial charge in [0.25, 0.3) is 0 Å². The summed E-state index contributed by atoms with van der Waals surface area (Å²) in [4.78, 5) is 0. The zero-order valence-corrected chi connectivity index (χ0v) is 10.1. The maximum absolute atomic E-state index is 12.1. The van der Waals surface area contributed by atoms with Crippen molar-refractivity contribution in [1.82, 2.24) is 0 Å². The number of nitrogens with two attached hydrogens (primary N) is 1. The highest BCUT2D eigenvalue weighted by Gasteiger charge is 2.39. The third-order valence-corrected chi connectivity index (χ3v) is 5.91. The highest BCUT2D eigenvalue weighted by atomic mass is 28.4. The van der Waals surface area contributed by atoms with Gasteiger partial charge in [0.05, 0.1) is 0 Å². The van der Waals surface area contributed by atoms with Gasteiger partial charge in [-0.2, -0.15) is 13.2 Å². The van der Waals surface area contributed by atoms with E-state index in [1.165, 1.54) is 14.2 Å². The van der Waals surface area contributed by atoms with Crippen LogP contribution in [0.15, 0.2) is 0 Å². The van der Waals surface area contributed by atoms with Crippen LogP contribution in [0, 0.1) is 0 Å². The highest BCUT2D eigenvalue weighted by molar-refractivity contribution is 6.67. The maximum Gasteiger partial charge on any atom is 0.389 e. The van der Waals surface area contributed by atoms with E-state index in [0.717, 1.165) is 0 Å². The summed E-state index contributed by atoms with van der Waals surface area (Å²) < 4.78 is 46.5. The van der Waals surface area contributed by atoms with E-state index in [2.05, 4.69) is 0 Å². The van der Waals surface area contributed by atoms with Crippen LogP contribution in [-0.2, 0) is 8.85 Å². The fourth-order valence-corrected chi connectivity index (χ4v) is 3.96. The van der Waals surface area contributed by atoms with Crippen molar-refractivity contribution < 1.29 is 22.0 Å². The van der Waals surface area contributed by atoms with Crippen LogP contribution in [0.25, 0.3) is 0 Å². The Kier molecular flexibility index (Phi) is 6.42. The summed E-state index contributed by atoms with van der Waals surface area (Å²) >= 11 is 0. The molecule has 0 saturated carbocycles. The molecule has 7 heteroatoms. The van der Waals surface area contributed by atoms with E-state index in [1.807, 2.05) is 0 Å². The van der Waals surface area contributed by atoms with Crippen molar-refractivity contribution in [2.24, 2.45) is 5.73 Å². The molecule has 0 atom stereocenters. The predicted octanol–water partition coefficient (Wildman–Crippen LogP) is 2.02. The Morgan fingerprint density at radius 2 is 1.67 bits per heavy atom. The first-order valence-electron chi connectivity index (χ1n) is 4.76. The average molecular weight is 245 g/mol. The van der Waals surface area contributed by atoms with E-state index in [1.54, 1.807) is 0 Å². The zero-order chi connectivity index (χ0) is 11.9.